The summed E-state index contributed by atoms with van der Waals surface area (Å²) in [6.07, 6.45) is -0.551. The highest BCUT2D eigenvalue weighted by Crippen LogP contribution is 2.40. The number of rotatable bonds is 4. The molecule has 1 fully saturated rings. The normalized spacial score (nSPS) is 32.2. The summed E-state index contributed by atoms with van der Waals surface area (Å²) in [7, 11) is 0. The fraction of sp³-hybridized carbons (Fsp3) is 0.833. The van der Waals surface area contributed by atoms with E-state index in [2.05, 4.69) is 0 Å². The van der Waals surface area contributed by atoms with Crippen LogP contribution in [0.3, 0.4) is 0 Å². The maximum absolute atomic E-state index is 11.9. The fourth-order valence-electron chi connectivity index (χ4n) is 2.15. The van der Waals surface area contributed by atoms with E-state index in [1.807, 2.05) is 6.92 Å². The maximum atomic E-state index is 11.9. The van der Waals surface area contributed by atoms with Gasteiger partial charge in [-0.15, -0.1) is 0 Å². The van der Waals surface area contributed by atoms with Crippen LogP contribution in [0.25, 0.3) is 0 Å². The molecule has 5 nitrogen and oxygen atoms in total. The molecule has 3 atom stereocenters. The van der Waals surface area contributed by atoms with Crippen LogP contribution >= 0.6 is 0 Å². The SMILES string of the molecule is CCOC(=O)[C@H]1O[C@@H](C)C[C@@]1(C)C(=O)OCC. The molecular weight excluding hydrogens is 224 g/mol. The van der Waals surface area contributed by atoms with E-state index in [0.29, 0.717) is 13.0 Å². The van der Waals surface area contributed by atoms with Crippen LogP contribution in [0.1, 0.15) is 34.1 Å². The van der Waals surface area contributed by atoms with Crippen molar-refractivity contribution in [3.8, 4) is 0 Å². The standard InChI is InChI=1S/C12H20O5/c1-5-15-10(13)9-12(4,7-8(3)17-9)11(14)16-6-2/h8-9H,5-7H2,1-4H3/t8-,9+,12+/m0/s1. The number of esters is 2. The summed E-state index contributed by atoms with van der Waals surface area (Å²) >= 11 is 0. The number of hydrogen-bond acceptors (Lipinski definition) is 5. The van der Waals surface area contributed by atoms with E-state index in [1.165, 1.54) is 0 Å². The molecule has 0 N–H and O–H groups in total. The van der Waals surface area contributed by atoms with Gasteiger partial charge in [0.15, 0.2) is 6.10 Å². The second-order valence-corrected chi connectivity index (χ2v) is 4.42. The predicted molar refractivity (Wildman–Crippen MR) is 60.3 cm³/mol. The topological polar surface area (TPSA) is 61.8 Å². The van der Waals surface area contributed by atoms with Crippen molar-refractivity contribution in [1.82, 2.24) is 0 Å². The van der Waals surface area contributed by atoms with Crippen molar-refractivity contribution in [2.24, 2.45) is 5.41 Å². The molecule has 1 rings (SSSR count). The van der Waals surface area contributed by atoms with Crippen LogP contribution in [0.5, 0.6) is 0 Å². The van der Waals surface area contributed by atoms with Crippen LogP contribution in [0.15, 0.2) is 0 Å². The van der Waals surface area contributed by atoms with Gasteiger partial charge >= 0.3 is 11.9 Å². The highest BCUT2D eigenvalue weighted by atomic mass is 16.6. The summed E-state index contributed by atoms with van der Waals surface area (Å²) in [5.74, 6) is -0.894. The first kappa shape index (κ1) is 14.0. The lowest BCUT2D eigenvalue weighted by Gasteiger charge is -2.25. The Morgan fingerprint density at radius 2 is 1.88 bits per heavy atom. The van der Waals surface area contributed by atoms with Crippen LogP contribution in [0.4, 0.5) is 0 Å². The average Bonchev–Trinajstić information content (AvgIpc) is 2.56. The van der Waals surface area contributed by atoms with Crippen molar-refractivity contribution in [3.05, 3.63) is 0 Å². The van der Waals surface area contributed by atoms with Crippen LogP contribution < -0.4 is 0 Å². The van der Waals surface area contributed by atoms with Crippen molar-refractivity contribution in [1.29, 1.82) is 0 Å². The first-order valence-electron chi connectivity index (χ1n) is 5.95. The Labute approximate surface area is 101 Å². The van der Waals surface area contributed by atoms with Gasteiger partial charge in [-0.3, -0.25) is 4.79 Å². The van der Waals surface area contributed by atoms with E-state index in [0.717, 1.165) is 0 Å². The minimum absolute atomic E-state index is 0.154. The molecule has 0 saturated carbocycles. The van der Waals surface area contributed by atoms with Crippen LogP contribution in [0, 0.1) is 5.41 Å². The Balaban J connectivity index is 2.86. The molecule has 0 amide bonds. The van der Waals surface area contributed by atoms with E-state index in [9.17, 15) is 9.59 Å². The van der Waals surface area contributed by atoms with Crippen molar-refractivity contribution in [2.45, 2.75) is 46.3 Å². The number of ether oxygens (including phenoxy) is 3. The van der Waals surface area contributed by atoms with Gasteiger partial charge in [0.05, 0.1) is 19.3 Å². The third-order valence-corrected chi connectivity index (χ3v) is 2.90. The van der Waals surface area contributed by atoms with Gasteiger partial charge in [-0.2, -0.15) is 0 Å². The molecule has 0 radical (unpaired) electrons. The van der Waals surface area contributed by atoms with Gasteiger partial charge in [0.25, 0.3) is 0 Å². The third kappa shape index (κ3) is 2.77. The molecule has 17 heavy (non-hydrogen) atoms. The number of carbonyl (C=O) groups excluding carboxylic acids is 2. The Bertz CT molecular complexity index is 301. The molecule has 0 bridgehead atoms. The summed E-state index contributed by atoms with van der Waals surface area (Å²) in [5.41, 5.74) is -0.943. The quantitative estimate of drug-likeness (QED) is 0.697. The van der Waals surface area contributed by atoms with Gasteiger partial charge < -0.3 is 14.2 Å². The molecule has 0 aliphatic carbocycles. The summed E-state index contributed by atoms with van der Waals surface area (Å²) in [4.78, 5) is 23.7. The molecule has 1 aliphatic rings. The maximum Gasteiger partial charge on any atom is 0.336 e. The van der Waals surface area contributed by atoms with Crippen LogP contribution in [0.2, 0.25) is 0 Å². The molecular formula is C12H20O5. The van der Waals surface area contributed by atoms with Crippen LogP contribution in [-0.4, -0.2) is 37.4 Å². The Morgan fingerprint density at radius 3 is 2.41 bits per heavy atom. The van der Waals surface area contributed by atoms with E-state index in [4.69, 9.17) is 14.2 Å². The Kier molecular flexibility index (Phi) is 4.51. The first-order chi connectivity index (χ1) is 7.95. The van der Waals surface area contributed by atoms with Crippen molar-refractivity contribution in [2.75, 3.05) is 13.2 Å². The molecule has 0 aromatic rings. The minimum atomic E-state index is -0.943. The number of carbonyl (C=O) groups is 2. The van der Waals surface area contributed by atoms with Crippen molar-refractivity contribution < 1.29 is 23.8 Å². The lowest BCUT2D eigenvalue weighted by molar-refractivity contribution is -0.171. The molecule has 0 aromatic heterocycles. The molecule has 1 aliphatic heterocycles. The molecule has 98 valence electrons. The molecule has 1 heterocycles. The zero-order valence-electron chi connectivity index (χ0n) is 10.8. The molecule has 0 unspecified atom stereocenters. The summed E-state index contributed by atoms with van der Waals surface area (Å²) in [5, 5.41) is 0. The van der Waals surface area contributed by atoms with Gasteiger partial charge in [0.1, 0.15) is 5.41 Å². The summed E-state index contributed by atoms with van der Waals surface area (Å²) in [6, 6.07) is 0. The summed E-state index contributed by atoms with van der Waals surface area (Å²) in [6.45, 7) is 7.54. The van der Waals surface area contributed by atoms with Gasteiger partial charge in [0.2, 0.25) is 0 Å². The van der Waals surface area contributed by atoms with E-state index in [1.54, 1.807) is 20.8 Å². The zero-order chi connectivity index (χ0) is 13.1. The number of hydrogen-bond donors (Lipinski definition) is 0. The highest BCUT2D eigenvalue weighted by Gasteiger charge is 2.54. The van der Waals surface area contributed by atoms with E-state index >= 15 is 0 Å². The monoisotopic (exact) mass is 244 g/mol. The highest BCUT2D eigenvalue weighted by molar-refractivity contribution is 5.87. The van der Waals surface area contributed by atoms with Gasteiger partial charge in [-0.25, -0.2) is 4.79 Å². The zero-order valence-corrected chi connectivity index (χ0v) is 10.8. The van der Waals surface area contributed by atoms with E-state index < -0.39 is 23.5 Å². The predicted octanol–water partition coefficient (Wildman–Crippen LogP) is 1.30. The van der Waals surface area contributed by atoms with Gasteiger partial charge in [-0.1, -0.05) is 0 Å². The molecule has 0 spiro atoms. The summed E-state index contributed by atoms with van der Waals surface area (Å²) < 4.78 is 15.4. The largest absolute Gasteiger partial charge is 0.465 e. The first-order valence-corrected chi connectivity index (χ1v) is 5.95. The van der Waals surface area contributed by atoms with Crippen molar-refractivity contribution in [3.63, 3.8) is 0 Å². The van der Waals surface area contributed by atoms with Gasteiger partial charge in [-0.05, 0) is 34.1 Å². The van der Waals surface area contributed by atoms with Crippen molar-refractivity contribution >= 4 is 11.9 Å². The van der Waals surface area contributed by atoms with E-state index in [-0.39, 0.29) is 12.7 Å². The second-order valence-electron chi connectivity index (χ2n) is 4.42. The van der Waals surface area contributed by atoms with Crippen LogP contribution in [-0.2, 0) is 23.8 Å². The average molecular weight is 244 g/mol. The molecule has 1 saturated heterocycles. The molecule has 0 aromatic carbocycles. The molecule has 5 heteroatoms. The third-order valence-electron chi connectivity index (χ3n) is 2.90. The smallest absolute Gasteiger partial charge is 0.336 e. The second kappa shape index (κ2) is 5.49. The van der Waals surface area contributed by atoms with Gasteiger partial charge in [0, 0.05) is 0 Å². The minimum Gasteiger partial charge on any atom is -0.465 e. The Morgan fingerprint density at radius 1 is 1.29 bits per heavy atom. The lowest BCUT2D eigenvalue weighted by Crippen LogP contribution is -2.43. The fourth-order valence-corrected chi connectivity index (χ4v) is 2.15. The lowest BCUT2D eigenvalue weighted by atomic mass is 9.82. The Hall–Kier alpha value is -1.10.